The smallest absolute Gasteiger partial charge is 0.157 e. The molecule has 23 heavy (non-hydrogen) atoms. The minimum Gasteiger partial charge on any atom is -0.504 e. The minimum absolute atomic E-state index is 0.0132. The lowest BCUT2D eigenvalue weighted by molar-refractivity contribution is -0.0832. The first-order valence-corrected chi connectivity index (χ1v) is 8.77. The molecule has 0 bridgehead atoms. The Bertz CT molecular complexity index is 576. The molecular formula is C19H29NO3. The van der Waals surface area contributed by atoms with E-state index in [1.165, 1.54) is 0 Å². The van der Waals surface area contributed by atoms with Crippen molar-refractivity contribution in [3.63, 3.8) is 0 Å². The van der Waals surface area contributed by atoms with E-state index in [4.69, 9.17) is 4.74 Å². The van der Waals surface area contributed by atoms with Crippen LogP contribution in [0.1, 0.15) is 51.5 Å². The minimum atomic E-state index is -0.0538. The molecule has 2 aliphatic rings. The predicted molar refractivity (Wildman–Crippen MR) is 91.0 cm³/mol. The van der Waals surface area contributed by atoms with E-state index in [1.807, 2.05) is 6.07 Å². The van der Waals surface area contributed by atoms with E-state index in [1.54, 1.807) is 12.1 Å². The van der Waals surface area contributed by atoms with Crippen molar-refractivity contribution < 1.29 is 14.9 Å². The molecule has 2 fully saturated rings. The van der Waals surface area contributed by atoms with Crippen molar-refractivity contribution in [3.8, 4) is 11.5 Å². The third-order valence-electron chi connectivity index (χ3n) is 6.01. The van der Waals surface area contributed by atoms with Crippen LogP contribution < -0.4 is 0 Å². The largest absolute Gasteiger partial charge is 0.504 e. The molecule has 1 aliphatic heterocycles. The third kappa shape index (κ3) is 2.83. The summed E-state index contributed by atoms with van der Waals surface area (Å²) in [5.74, 6) is -0.0549. The van der Waals surface area contributed by atoms with Crippen LogP contribution in [0.25, 0.3) is 0 Å². The number of likely N-dealkylation sites (tertiary alicyclic amines) is 1. The van der Waals surface area contributed by atoms with E-state index in [0.29, 0.717) is 6.04 Å². The van der Waals surface area contributed by atoms with Crippen molar-refractivity contribution in [2.45, 2.75) is 63.0 Å². The number of phenolic OH excluding ortho intramolecular Hbond substituents is 2. The first-order valence-electron chi connectivity index (χ1n) is 8.77. The standard InChI is InChI=1S/C19H29NO3/c1-4-11-23-18(2)7-8-19(9-10-20(3)17(19)13-18)14-5-6-15(21)16(22)12-14/h5-6,12,17,21-22H,4,7-11,13H2,1-3H3. The Kier molecular flexibility index (Phi) is 4.32. The second-order valence-corrected chi connectivity index (χ2v) is 7.61. The SMILES string of the molecule is CCCOC1(C)CCC2(c3ccc(O)c(O)c3)CCN(C)C2C1. The van der Waals surface area contributed by atoms with Crippen LogP contribution in [0.2, 0.25) is 0 Å². The fraction of sp³-hybridized carbons (Fsp3) is 0.684. The van der Waals surface area contributed by atoms with Crippen LogP contribution in [0.5, 0.6) is 11.5 Å². The summed E-state index contributed by atoms with van der Waals surface area (Å²) >= 11 is 0. The molecule has 1 heterocycles. The van der Waals surface area contributed by atoms with Gasteiger partial charge in [-0.3, -0.25) is 0 Å². The molecule has 4 heteroatoms. The predicted octanol–water partition coefficient (Wildman–Crippen LogP) is 3.41. The summed E-state index contributed by atoms with van der Waals surface area (Å²) < 4.78 is 6.18. The van der Waals surface area contributed by atoms with E-state index >= 15 is 0 Å². The van der Waals surface area contributed by atoms with Crippen LogP contribution in [-0.4, -0.2) is 47.0 Å². The molecule has 1 aromatic carbocycles. The number of rotatable bonds is 4. The lowest BCUT2D eigenvalue weighted by atomic mass is 9.62. The van der Waals surface area contributed by atoms with Gasteiger partial charge in [0.2, 0.25) is 0 Å². The van der Waals surface area contributed by atoms with E-state index in [9.17, 15) is 10.2 Å². The molecule has 1 aromatic rings. The molecule has 0 radical (unpaired) electrons. The number of likely N-dealkylation sites (N-methyl/N-ethyl adjacent to an activating group) is 1. The topological polar surface area (TPSA) is 52.9 Å². The Hall–Kier alpha value is -1.26. The highest BCUT2D eigenvalue weighted by molar-refractivity contribution is 5.45. The molecule has 0 amide bonds. The molecule has 4 nitrogen and oxygen atoms in total. The zero-order chi connectivity index (χ0) is 16.7. The lowest BCUT2D eigenvalue weighted by Gasteiger charge is -2.49. The number of hydrogen-bond donors (Lipinski definition) is 2. The maximum absolute atomic E-state index is 9.94. The summed E-state index contributed by atoms with van der Waals surface area (Å²) in [6.07, 6.45) is 5.27. The van der Waals surface area contributed by atoms with E-state index in [0.717, 1.165) is 50.8 Å². The highest BCUT2D eigenvalue weighted by Gasteiger charge is 2.53. The van der Waals surface area contributed by atoms with Gasteiger partial charge in [0.05, 0.1) is 5.60 Å². The third-order valence-corrected chi connectivity index (χ3v) is 6.01. The molecule has 0 aromatic heterocycles. The van der Waals surface area contributed by atoms with Crippen molar-refractivity contribution in [1.29, 1.82) is 0 Å². The average molecular weight is 319 g/mol. The molecular weight excluding hydrogens is 290 g/mol. The first-order chi connectivity index (χ1) is 10.9. The number of nitrogens with zero attached hydrogens (tertiary/aromatic N) is 1. The van der Waals surface area contributed by atoms with Crippen LogP contribution in [0.3, 0.4) is 0 Å². The Labute approximate surface area is 139 Å². The quantitative estimate of drug-likeness (QED) is 0.835. The van der Waals surface area contributed by atoms with Crippen LogP contribution in [0.4, 0.5) is 0 Å². The molecule has 3 unspecified atom stereocenters. The number of hydrogen-bond acceptors (Lipinski definition) is 4. The average Bonchev–Trinajstić information content (AvgIpc) is 2.86. The highest BCUT2D eigenvalue weighted by atomic mass is 16.5. The highest BCUT2D eigenvalue weighted by Crippen LogP contribution is 2.52. The van der Waals surface area contributed by atoms with Gasteiger partial charge in [0.15, 0.2) is 11.5 Å². The maximum atomic E-state index is 9.94. The Morgan fingerprint density at radius 3 is 2.70 bits per heavy atom. The number of aromatic hydroxyl groups is 2. The Morgan fingerprint density at radius 2 is 2.00 bits per heavy atom. The van der Waals surface area contributed by atoms with Gasteiger partial charge in [-0.2, -0.15) is 0 Å². The van der Waals surface area contributed by atoms with Crippen molar-refractivity contribution >= 4 is 0 Å². The van der Waals surface area contributed by atoms with Gasteiger partial charge in [-0.05, 0) is 70.3 Å². The van der Waals surface area contributed by atoms with E-state index < -0.39 is 0 Å². The number of benzene rings is 1. The first kappa shape index (κ1) is 16.6. The normalized spacial score (nSPS) is 34.5. The van der Waals surface area contributed by atoms with Gasteiger partial charge >= 0.3 is 0 Å². The van der Waals surface area contributed by atoms with E-state index in [-0.39, 0.29) is 22.5 Å². The molecule has 3 atom stereocenters. The van der Waals surface area contributed by atoms with E-state index in [2.05, 4.69) is 25.8 Å². The number of fused-ring (bicyclic) bond motifs is 1. The number of phenols is 2. The van der Waals surface area contributed by atoms with Crippen LogP contribution in [0.15, 0.2) is 18.2 Å². The van der Waals surface area contributed by atoms with Crippen LogP contribution in [0, 0.1) is 0 Å². The molecule has 1 saturated heterocycles. The Balaban J connectivity index is 1.91. The molecule has 1 saturated carbocycles. The Morgan fingerprint density at radius 1 is 1.22 bits per heavy atom. The lowest BCUT2D eigenvalue weighted by Crippen LogP contribution is -2.52. The number of ether oxygens (including phenoxy) is 1. The van der Waals surface area contributed by atoms with Gasteiger partial charge in [0.25, 0.3) is 0 Å². The fourth-order valence-corrected chi connectivity index (χ4v) is 4.56. The molecule has 128 valence electrons. The molecule has 3 rings (SSSR count). The zero-order valence-electron chi connectivity index (χ0n) is 14.5. The summed E-state index contributed by atoms with van der Waals surface area (Å²) in [6.45, 7) is 6.28. The molecule has 2 N–H and O–H groups in total. The van der Waals surface area contributed by atoms with Gasteiger partial charge in [0.1, 0.15) is 0 Å². The van der Waals surface area contributed by atoms with Gasteiger partial charge in [0, 0.05) is 18.1 Å². The van der Waals surface area contributed by atoms with Crippen LogP contribution >= 0.6 is 0 Å². The zero-order valence-corrected chi connectivity index (χ0v) is 14.5. The second-order valence-electron chi connectivity index (χ2n) is 7.61. The summed E-state index contributed by atoms with van der Waals surface area (Å²) in [5.41, 5.74) is 1.16. The summed E-state index contributed by atoms with van der Waals surface area (Å²) in [4.78, 5) is 2.44. The summed E-state index contributed by atoms with van der Waals surface area (Å²) in [6, 6.07) is 5.78. The summed E-state index contributed by atoms with van der Waals surface area (Å²) in [5, 5.41) is 19.6. The molecule has 1 aliphatic carbocycles. The van der Waals surface area contributed by atoms with Crippen molar-refractivity contribution in [3.05, 3.63) is 23.8 Å². The van der Waals surface area contributed by atoms with Gasteiger partial charge in [-0.1, -0.05) is 13.0 Å². The fourth-order valence-electron chi connectivity index (χ4n) is 4.56. The van der Waals surface area contributed by atoms with Gasteiger partial charge in [-0.25, -0.2) is 0 Å². The van der Waals surface area contributed by atoms with Crippen molar-refractivity contribution in [2.24, 2.45) is 0 Å². The van der Waals surface area contributed by atoms with Gasteiger partial charge in [-0.15, -0.1) is 0 Å². The monoisotopic (exact) mass is 319 g/mol. The second kappa shape index (κ2) is 5.99. The van der Waals surface area contributed by atoms with Crippen LogP contribution in [-0.2, 0) is 10.2 Å². The maximum Gasteiger partial charge on any atom is 0.157 e. The summed E-state index contributed by atoms with van der Waals surface area (Å²) in [7, 11) is 2.19. The van der Waals surface area contributed by atoms with Crippen molar-refractivity contribution in [2.75, 3.05) is 20.2 Å². The van der Waals surface area contributed by atoms with Crippen molar-refractivity contribution in [1.82, 2.24) is 4.90 Å². The molecule has 0 spiro atoms. The van der Waals surface area contributed by atoms with Gasteiger partial charge < -0.3 is 19.8 Å².